The number of likely N-dealkylation sites (N-methyl/N-ethyl adjacent to an activating group) is 1. The third kappa shape index (κ3) is 0.752. The van der Waals surface area contributed by atoms with E-state index >= 15 is 0 Å². The van der Waals surface area contributed by atoms with Crippen LogP contribution in [0.3, 0.4) is 0 Å². The maximum atomic E-state index is 2.59. The van der Waals surface area contributed by atoms with Gasteiger partial charge >= 0.3 is 0 Å². The first-order chi connectivity index (χ1) is 5.38. The fourth-order valence-electron chi connectivity index (χ4n) is 3.61. The van der Waals surface area contributed by atoms with Crippen molar-refractivity contribution >= 4 is 0 Å². The fourth-order valence-corrected chi connectivity index (χ4v) is 3.61. The van der Waals surface area contributed by atoms with Gasteiger partial charge in [0.15, 0.2) is 0 Å². The van der Waals surface area contributed by atoms with Crippen LogP contribution in [0.1, 0.15) is 32.1 Å². The zero-order chi connectivity index (χ0) is 7.42. The molecule has 2 saturated carbocycles. The number of rotatable bonds is 0. The lowest BCUT2D eigenvalue weighted by Crippen LogP contribution is -2.23. The van der Waals surface area contributed by atoms with Gasteiger partial charge in [-0.2, -0.15) is 0 Å². The molecule has 0 radical (unpaired) electrons. The number of fused-ring (bicyclic) bond motifs is 3. The van der Waals surface area contributed by atoms with Gasteiger partial charge in [-0.1, -0.05) is 19.3 Å². The molecule has 1 aliphatic heterocycles. The summed E-state index contributed by atoms with van der Waals surface area (Å²) in [6.45, 7) is 0. The molecule has 1 heterocycles. The maximum Gasteiger partial charge on any atom is 0.0283 e. The molecule has 5 unspecified atom stereocenters. The number of piperidine rings is 1. The summed E-state index contributed by atoms with van der Waals surface area (Å²) in [4.78, 5) is 2.59. The van der Waals surface area contributed by atoms with E-state index in [1.807, 2.05) is 0 Å². The molecule has 1 saturated heterocycles. The average Bonchev–Trinajstić information content (AvgIpc) is 2.55. The monoisotopic (exact) mass is 151 g/mol. The summed E-state index contributed by atoms with van der Waals surface area (Å²) in [5, 5.41) is 0. The van der Waals surface area contributed by atoms with Crippen LogP contribution >= 0.6 is 0 Å². The molecule has 5 atom stereocenters. The highest BCUT2D eigenvalue weighted by molar-refractivity contribution is 5.12. The lowest BCUT2D eigenvalue weighted by Gasteiger charge is -2.28. The Morgan fingerprint density at radius 1 is 1.18 bits per heavy atom. The molecule has 0 bridgehead atoms. The first kappa shape index (κ1) is 6.47. The molecule has 0 spiro atoms. The highest BCUT2D eigenvalue weighted by Crippen LogP contribution is 2.53. The minimum atomic E-state index is 1.02. The van der Waals surface area contributed by atoms with Crippen molar-refractivity contribution in [3.8, 4) is 0 Å². The molecule has 0 aromatic carbocycles. The van der Waals surface area contributed by atoms with Gasteiger partial charge < -0.3 is 0 Å². The second-order valence-corrected chi connectivity index (χ2v) is 4.67. The average molecular weight is 151 g/mol. The lowest BCUT2D eigenvalue weighted by molar-refractivity contribution is 0.217. The van der Waals surface area contributed by atoms with Crippen molar-refractivity contribution in [3.63, 3.8) is 0 Å². The molecule has 1 heteroatoms. The summed E-state index contributed by atoms with van der Waals surface area (Å²) in [6, 6.07) is 2.04. The van der Waals surface area contributed by atoms with E-state index < -0.39 is 0 Å². The van der Waals surface area contributed by atoms with Crippen LogP contribution in [0.2, 0.25) is 0 Å². The van der Waals surface area contributed by atoms with Crippen molar-refractivity contribution in [2.24, 2.45) is 11.8 Å². The Kier molecular flexibility index (Phi) is 1.18. The predicted octanol–water partition coefficient (Wildman–Crippen LogP) is 1.88. The van der Waals surface area contributed by atoms with Crippen molar-refractivity contribution in [3.05, 3.63) is 0 Å². The minimum Gasteiger partial charge on any atom is -0.297 e. The van der Waals surface area contributed by atoms with Crippen LogP contribution in [0.5, 0.6) is 0 Å². The van der Waals surface area contributed by atoms with E-state index in [0.29, 0.717) is 0 Å². The predicted molar refractivity (Wildman–Crippen MR) is 45.4 cm³/mol. The Labute approximate surface area is 68.8 Å². The van der Waals surface area contributed by atoms with Crippen molar-refractivity contribution in [1.82, 2.24) is 4.90 Å². The smallest absolute Gasteiger partial charge is 0.0283 e. The first-order valence-corrected chi connectivity index (χ1v) is 5.10. The van der Waals surface area contributed by atoms with Crippen molar-refractivity contribution < 1.29 is 0 Å². The molecule has 11 heavy (non-hydrogen) atoms. The van der Waals surface area contributed by atoms with Gasteiger partial charge in [0.25, 0.3) is 0 Å². The zero-order valence-electron chi connectivity index (χ0n) is 7.29. The normalized spacial score (nSPS) is 60.3. The topological polar surface area (TPSA) is 3.01 Å². The minimum absolute atomic E-state index is 1.02. The summed E-state index contributed by atoms with van der Waals surface area (Å²) in [5.41, 5.74) is 0. The van der Waals surface area contributed by atoms with Gasteiger partial charge in [0.2, 0.25) is 0 Å². The van der Waals surface area contributed by atoms with Crippen LogP contribution in [0.25, 0.3) is 0 Å². The van der Waals surface area contributed by atoms with E-state index in [9.17, 15) is 0 Å². The number of nitrogens with zero attached hydrogens (tertiary/aromatic N) is 1. The summed E-state index contributed by atoms with van der Waals surface area (Å²) < 4.78 is 0. The second-order valence-electron chi connectivity index (χ2n) is 4.67. The lowest BCUT2D eigenvalue weighted by atomic mass is 9.80. The van der Waals surface area contributed by atoms with Gasteiger partial charge in [-0.25, -0.2) is 0 Å². The third-order valence-corrected chi connectivity index (χ3v) is 4.25. The van der Waals surface area contributed by atoms with E-state index in [0.717, 1.165) is 23.9 Å². The van der Waals surface area contributed by atoms with Gasteiger partial charge in [-0.05, 0) is 31.7 Å². The summed E-state index contributed by atoms with van der Waals surface area (Å²) in [6.07, 6.45) is 7.65. The number of hydrogen-bond donors (Lipinski definition) is 0. The van der Waals surface area contributed by atoms with Crippen LogP contribution in [0.15, 0.2) is 0 Å². The largest absolute Gasteiger partial charge is 0.297 e. The Morgan fingerprint density at radius 3 is 2.91 bits per heavy atom. The molecule has 1 nitrogen and oxygen atoms in total. The summed E-state index contributed by atoms with van der Waals surface area (Å²) in [7, 11) is 2.31. The molecule has 0 aromatic heterocycles. The molecule has 3 fully saturated rings. The fraction of sp³-hybridized carbons (Fsp3) is 1.00. The first-order valence-electron chi connectivity index (χ1n) is 5.10. The van der Waals surface area contributed by atoms with Gasteiger partial charge in [0.05, 0.1) is 0 Å². The van der Waals surface area contributed by atoms with Crippen LogP contribution < -0.4 is 0 Å². The molecule has 2 aliphatic carbocycles. The van der Waals surface area contributed by atoms with Gasteiger partial charge in [-0.15, -0.1) is 0 Å². The summed E-state index contributed by atoms with van der Waals surface area (Å²) in [5.74, 6) is 2.24. The molecule has 0 aromatic rings. The summed E-state index contributed by atoms with van der Waals surface area (Å²) >= 11 is 0. The molecule has 3 aliphatic rings. The molecule has 62 valence electrons. The van der Waals surface area contributed by atoms with E-state index in [1.165, 1.54) is 25.7 Å². The highest BCUT2D eigenvalue weighted by Gasteiger charge is 2.57. The molecular formula is C10H17N. The Hall–Kier alpha value is -0.0400. The van der Waals surface area contributed by atoms with Crippen molar-refractivity contribution in [2.45, 2.75) is 44.2 Å². The standard InChI is InChI=1S/C10H17N/c1-11-9-6-7-4-2-3-5-8(7)10(9)11/h7-10H,2-6H2,1H3. The number of hydrogen-bond acceptors (Lipinski definition) is 1. The van der Waals surface area contributed by atoms with E-state index in [-0.39, 0.29) is 0 Å². The molecule has 0 amide bonds. The van der Waals surface area contributed by atoms with Crippen LogP contribution in [-0.4, -0.2) is 24.0 Å². The van der Waals surface area contributed by atoms with Crippen LogP contribution in [0.4, 0.5) is 0 Å². The second kappa shape index (κ2) is 2.01. The molecular weight excluding hydrogens is 134 g/mol. The Morgan fingerprint density at radius 2 is 2.00 bits per heavy atom. The SMILES string of the molecule is CN1C2CC3CCCCC3C21. The van der Waals surface area contributed by atoms with E-state index in [1.54, 1.807) is 6.42 Å². The van der Waals surface area contributed by atoms with Gasteiger partial charge in [-0.3, -0.25) is 4.90 Å². The maximum absolute atomic E-state index is 2.59. The Balaban J connectivity index is 1.78. The van der Waals surface area contributed by atoms with Crippen molar-refractivity contribution in [1.29, 1.82) is 0 Å². The zero-order valence-corrected chi connectivity index (χ0v) is 7.29. The highest BCUT2D eigenvalue weighted by atomic mass is 15.3. The van der Waals surface area contributed by atoms with Gasteiger partial charge in [0.1, 0.15) is 0 Å². The molecule has 3 rings (SSSR count). The number of likely N-dealkylation sites (tertiary alicyclic amines) is 1. The van der Waals surface area contributed by atoms with E-state index in [4.69, 9.17) is 0 Å². The van der Waals surface area contributed by atoms with E-state index in [2.05, 4.69) is 11.9 Å². The van der Waals surface area contributed by atoms with Gasteiger partial charge in [0, 0.05) is 12.1 Å². The van der Waals surface area contributed by atoms with Crippen LogP contribution in [0, 0.1) is 11.8 Å². The third-order valence-electron chi connectivity index (χ3n) is 4.25. The van der Waals surface area contributed by atoms with Crippen LogP contribution in [-0.2, 0) is 0 Å². The molecule has 0 N–H and O–H groups in total. The quantitative estimate of drug-likeness (QED) is 0.478. The Bertz CT molecular complexity index is 176. The van der Waals surface area contributed by atoms with Crippen molar-refractivity contribution in [2.75, 3.05) is 7.05 Å².